The van der Waals surface area contributed by atoms with E-state index in [1.54, 1.807) is 0 Å². The zero-order valence-corrected chi connectivity index (χ0v) is 12.7. The van der Waals surface area contributed by atoms with Gasteiger partial charge in [0, 0.05) is 22.0 Å². The molecular weight excluding hydrogens is 296 g/mol. The maximum absolute atomic E-state index is 6.39. The number of hydrogen-bond donors (Lipinski definition) is 1. The van der Waals surface area contributed by atoms with Crippen LogP contribution >= 0.6 is 27.7 Å². The molecule has 0 aliphatic heterocycles. The maximum Gasteiger partial charge on any atom is 0.110 e. The van der Waals surface area contributed by atoms with Crippen LogP contribution < -0.4 is 5.73 Å². The highest BCUT2D eigenvalue weighted by Gasteiger charge is 2.37. The molecule has 2 nitrogen and oxygen atoms in total. The van der Waals surface area contributed by atoms with Crippen LogP contribution in [0, 0.1) is 5.41 Å². The summed E-state index contributed by atoms with van der Waals surface area (Å²) in [5.74, 6) is 0. The third kappa shape index (κ3) is 3.04. The first-order valence-corrected chi connectivity index (χ1v) is 7.71. The lowest BCUT2D eigenvalue weighted by Gasteiger charge is -2.41. The van der Waals surface area contributed by atoms with Crippen molar-refractivity contribution in [1.82, 2.24) is 4.98 Å². The van der Waals surface area contributed by atoms with Crippen molar-refractivity contribution in [3.63, 3.8) is 0 Å². The van der Waals surface area contributed by atoms with Gasteiger partial charge in [-0.05, 0) is 46.3 Å². The first kappa shape index (κ1) is 13.4. The second-order valence-electron chi connectivity index (χ2n) is 5.35. The maximum atomic E-state index is 6.39. The molecule has 2 atom stereocenters. The van der Waals surface area contributed by atoms with Gasteiger partial charge in [0.05, 0.1) is 0 Å². The summed E-state index contributed by atoms with van der Waals surface area (Å²) in [6, 6.07) is 4.23. The molecule has 4 heteroatoms. The lowest BCUT2D eigenvalue weighted by molar-refractivity contribution is 0.208. The van der Waals surface area contributed by atoms with E-state index in [0.29, 0.717) is 5.25 Å². The zero-order chi connectivity index (χ0) is 12.5. The molecule has 1 fully saturated rings. The molecule has 1 aromatic rings. The van der Waals surface area contributed by atoms with Crippen LogP contribution in [0.3, 0.4) is 0 Å². The van der Waals surface area contributed by atoms with Gasteiger partial charge in [0.15, 0.2) is 0 Å². The Hall–Kier alpha value is -0.0600. The Labute approximate surface area is 116 Å². The van der Waals surface area contributed by atoms with Crippen molar-refractivity contribution in [2.45, 2.75) is 49.4 Å². The van der Waals surface area contributed by atoms with E-state index in [0.717, 1.165) is 9.50 Å². The van der Waals surface area contributed by atoms with E-state index in [1.807, 2.05) is 30.1 Å². The van der Waals surface area contributed by atoms with Crippen molar-refractivity contribution in [3.05, 3.63) is 22.8 Å². The highest BCUT2D eigenvalue weighted by atomic mass is 79.9. The van der Waals surface area contributed by atoms with E-state index in [4.69, 9.17) is 5.73 Å². The van der Waals surface area contributed by atoms with Crippen molar-refractivity contribution >= 4 is 27.7 Å². The van der Waals surface area contributed by atoms with Gasteiger partial charge >= 0.3 is 0 Å². The molecule has 0 spiro atoms. The van der Waals surface area contributed by atoms with Crippen LogP contribution in [0.5, 0.6) is 0 Å². The minimum Gasteiger partial charge on any atom is -0.326 e. The van der Waals surface area contributed by atoms with E-state index in [9.17, 15) is 0 Å². The monoisotopic (exact) mass is 314 g/mol. The average Bonchev–Trinajstić information content (AvgIpc) is 2.28. The normalized spacial score (nSPS) is 28.0. The summed E-state index contributed by atoms with van der Waals surface area (Å²) in [4.78, 5) is 4.42. The van der Waals surface area contributed by atoms with E-state index in [2.05, 4.69) is 34.8 Å². The Bertz CT molecular complexity index is 395. The van der Waals surface area contributed by atoms with Crippen LogP contribution in [0.15, 0.2) is 27.8 Å². The zero-order valence-electron chi connectivity index (χ0n) is 10.3. The molecule has 2 N–H and O–H groups in total. The quantitative estimate of drug-likeness (QED) is 0.901. The summed E-state index contributed by atoms with van der Waals surface area (Å²) in [5.41, 5.74) is 6.64. The number of aromatic nitrogens is 1. The topological polar surface area (TPSA) is 38.9 Å². The Morgan fingerprint density at radius 3 is 3.00 bits per heavy atom. The molecular formula is C13H19BrN2S. The fraction of sp³-hybridized carbons (Fsp3) is 0.615. The number of rotatable bonds is 2. The number of pyridine rings is 1. The number of nitrogens with two attached hydrogens (primary N) is 1. The molecule has 1 aliphatic rings. The van der Waals surface area contributed by atoms with E-state index in [1.165, 1.54) is 19.3 Å². The van der Waals surface area contributed by atoms with Gasteiger partial charge in [0.1, 0.15) is 5.03 Å². The van der Waals surface area contributed by atoms with Crippen LogP contribution in [0.4, 0.5) is 0 Å². The number of nitrogens with zero attached hydrogens (tertiary/aromatic N) is 1. The summed E-state index contributed by atoms with van der Waals surface area (Å²) in [7, 11) is 0. The van der Waals surface area contributed by atoms with Crippen molar-refractivity contribution in [2.75, 3.05) is 0 Å². The van der Waals surface area contributed by atoms with E-state index < -0.39 is 0 Å². The van der Waals surface area contributed by atoms with Crippen LogP contribution in [0.2, 0.25) is 0 Å². The second-order valence-corrected chi connectivity index (χ2v) is 7.44. The Kier molecular flexibility index (Phi) is 4.16. The van der Waals surface area contributed by atoms with E-state index in [-0.39, 0.29) is 11.5 Å². The SMILES string of the molecule is CC1(C)CCCC(Sc2ncccc2Br)C1N. The van der Waals surface area contributed by atoms with Gasteiger partial charge in [0.25, 0.3) is 0 Å². The van der Waals surface area contributed by atoms with Crippen molar-refractivity contribution in [3.8, 4) is 0 Å². The minimum atomic E-state index is 0.246. The summed E-state index contributed by atoms with van der Waals surface area (Å²) >= 11 is 5.37. The summed E-state index contributed by atoms with van der Waals surface area (Å²) in [5, 5.41) is 1.54. The standard InChI is InChI=1S/C13H19BrN2S/c1-13(2)7-3-6-10(11(13)15)17-12-9(14)5-4-8-16-12/h4-5,8,10-11H,3,6-7,15H2,1-2H3. The first-order valence-electron chi connectivity index (χ1n) is 6.03. The lowest BCUT2D eigenvalue weighted by Crippen LogP contribution is -2.48. The minimum absolute atomic E-state index is 0.246. The van der Waals surface area contributed by atoms with Crippen LogP contribution in [0.25, 0.3) is 0 Å². The molecule has 17 heavy (non-hydrogen) atoms. The molecule has 94 valence electrons. The fourth-order valence-electron chi connectivity index (χ4n) is 2.34. The van der Waals surface area contributed by atoms with Crippen molar-refractivity contribution in [2.24, 2.45) is 11.1 Å². The Morgan fingerprint density at radius 2 is 2.29 bits per heavy atom. The molecule has 0 radical (unpaired) electrons. The molecule has 1 heterocycles. The van der Waals surface area contributed by atoms with Crippen molar-refractivity contribution in [1.29, 1.82) is 0 Å². The molecule has 0 amide bonds. The molecule has 1 saturated carbocycles. The van der Waals surface area contributed by atoms with Gasteiger partial charge in [-0.3, -0.25) is 0 Å². The van der Waals surface area contributed by atoms with E-state index >= 15 is 0 Å². The van der Waals surface area contributed by atoms with Gasteiger partial charge in [-0.25, -0.2) is 4.98 Å². The summed E-state index contributed by atoms with van der Waals surface area (Å²) in [6.07, 6.45) is 5.53. The van der Waals surface area contributed by atoms with Crippen LogP contribution in [0.1, 0.15) is 33.1 Å². The van der Waals surface area contributed by atoms with Gasteiger partial charge in [-0.15, -0.1) is 11.8 Å². The predicted octanol–water partition coefficient (Wildman–Crippen LogP) is 3.84. The van der Waals surface area contributed by atoms with Crippen LogP contribution in [-0.4, -0.2) is 16.3 Å². The molecule has 0 saturated heterocycles. The predicted molar refractivity (Wildman–Crippen MR) is 77.2 cm³/mol. The lowest BCUT2D eigenvalue weighted by atomic mass is 9.73. The van der Waals surface area contributed by atoms with Gasteiger partial charge in [-0.1, -0.05) is 20.3 Å². The van der Waals surface area contributed by atoms with Crippen LogP contribution in [-0.2, 0) is 0 Å². The van der Waals surface area contributed by atoms with Gasteiger partial charge in [0.2, 0.25) is 0 Å². The largest absolute Gasteiger partial charge is 0.326 e. The molecule has 0 bridgehead atoms. The highest BCUT2D eigenvalue weighted by Crippen LogP contribution is 2.42. The third-order valence-corrected chi connectivity index (χ3v) is 5.88. The third-order valence-electron chi connectivity index (χ3n) is 3.60. The number of halogens is 1. The smallest absolute Gasteiger partial charge is 0.110 e. The number of thioether (sulfide) groups is 1. The van der Waals surface area contributed by atoms with Gasteiger partial charge in [-0.2, -0.15) is 0 Å². The molecule has 1 aromatic heterocycles. The molecule has 0 aromatic carbocycles. The second kappa shape index (κ2) is 5.29. The molecule has 1 aliphatic carbocycles. The molecule has 2 unspecified atom stereocenters. The summed E-state index contributed by atoms with van der Waals surface area (Å²) < 4.78 is 1.07. The van der Waals surface area contributed by atoms with Crippen molar-refractivity contribution < 1.29 is 0 Å². The Morgan fingerprint density at radius 1 is 1.53 bits per heavy atom. The fourth-order valence-corrected chi connectivity index (χ4v) is 4.27. The molecule has 2 rings (SSSR count). The average molecular weight is 315 g/mol. The Balaban J connectivity index is 2.11. The highest BCUT2D eigenvalue weighted by molar-refractivity contribution is 9.10. The number of hydrogen-bond acceptors (Lipinski definition) is 3. The first-order chi connectivity index (χ1) is 8.00. The summed E-state index contributed by atoms with van der Waals surface area (Å²) in [6.45, 7) is 4.55. The van der Waals surface area contributed by atoms with Gasteiger partial charge < -0.3 is 5.73 Å².